The number of carbonyl (C=O) groups excluding carboxylic acids is 1. The molecule has 0 unspecified atom stereocenters. The van der Waals surface area contributed by atoms with E-state index in [-0.39, 0.29) is 12.0 Å². The highest BCUT2D eigenvalue weighted by Crippen LogP contribution is 2.20. The molecule has 3 rings (SSSR count). The Hall–Kier alpha value is -1.55. The summed E-state index contributed by atoms with van der Waals surface area (Å²) in [6.07, 6.45) is 6.22. The molecule has 0 aliphatic carbocycles. The zero-order chi connectivity index (χ0) is 14.5. The predicted molar refractivity (Wildman–Crippen MR) is 83.8 cm³/mol. The Kier molecular flexibility index (Phi) is 4.76. The van der Waals surface area contributed by atoms with Gasteiger partial charge in [0.15, 0.2) is 0 Å². The van der Waals surface area contributed by atoms with E-state index in [9.17, 15) is 4.79 Å². The van der Waals surface area contributed by atoms with Crippen LogP contribution >= 0.6 is 0 Å². The number of rotatable bonds is 4. The molecule has 2 saturated heterocycles. The van der Waals surface area contributed by atoms with Crippen molar-refractivity contribution in [2.75, 3.05) is 31.1 Å². The van der Waals surface area contributed by atoms with Gasteiger partial charge in [-0.25, -0.2) is 0 Å². The van der Waals surface area contributed by atoms with Gasteiger partial charge in [0.1, 0.15) is 0 Å². The molecule has 0 spiro atoms. The van der Waals surface area contributed by atoms with Crippen LogP contribution in [0.25, 0.3) is 0 Å². The summed E-state index contributed by atoms with van der Waals surface area (Å²) in [6, 6.07) is 7.97. The molecule has 4 nitrogen and oxygen atoms in total. The lowest BCUT2D eigenvalue weighted by Gasteiger charge is -2.28. The number of hydrogen-bond donors (Lipinski definition) is 1. The first kappa shape index (κ1) is 14.4. The second-order valence-corrected chi connectivity index (χ2v) is 5.94. The van der Waals surface area contributed by atoms with Gasteiger partial charge in [-0.05, 0) is 56.4 Å². The van der Waals surface area contributed by atoms with Gasteiger partial charge < -0.3 is 15.0 Å². The Balaban J connectivity index is 1.54. The molecule has 114 valence electrons. The van der Waals surface area contributed by atoms with Crippen LogP contribution in [0.5, 0.6) is 0 Å². The lowest BCUT2D eigenvalue weighted by molar-refractivity contribution is 0.0858. The highest BCUT2D eigenvalue weighted by Gasteiger charge is 2.17. The number of amides is 1. The third-order valence-corrected chi connectivity index (χ3v) is 4.36. The molecule has 0 bridgehead atoms. The Labute approximate surface area is 126 Å². The number of hydrogen-bond acceptors (Lipinski definition) is 3. The Morgan fingerprint density at radius 1 is 1.14 bits per heavy atom. The van der Waals surface area contributed by atoms with Crippen molar-refractivity contribution in [1.82, 2.24) is 5.32 Å². The van der Waals surface area contributed by atoms with Gasteiger partial charge in [-0.3, -0.25) is 4.79 Å². The van der Waals surface area contributed by atoms with E-state index in [4.69, 9.17) is 4.74 Å². The van der Waals surface area contributed by atoms with Crippen molar-refractivity contribution in [1.29, 1.82) is 0 Å². The molecule has 1 N–H and O–H groups in total. The number of nitrogens with one attached hydrogen (secondary N) is 1. The predicted octanol–water partition coefficient (Wildman–Crippen LogP) is 2.59. The number of nitrogens with zero attached hydrogens (tertiary/aromatic N) is 1. The third kappa shape index (κ3) is 3.76. The van der Waals surface area contributed by atoms with Crippen molar-refractivity contribution < 1.29 is 9.53 Å². The monoisotopic (exact) mass is 288 g/mol. The maximum Gasteiger partial charge on any atom is 0.251 e. The summed E-state index contributed by atoms with van der Waals surface area (Å²) in [4.78, 5) is 14.5. The van der Waals surface area contributed by atoms with Gasteiger partial charge in [-0.15, -0.1) is 0 Å². The molecule has 1 aromatic carbocycles. The molecular formula is C17H24N2O2. The van der Waals surface area contributed by atoms with Gasteiger partial charge in [0, 0.05) is 37.5 Å². The summed E-state index contributed by atoms with van der Waals surface area (Å²) in [5.41, 5.74) is 1.96. The van der Waals surface area contributed by atoms with Crippen LogP contribution in [0.1, 0.15) is 42.5 Å². The Bertz CT molecular complexity index is 460. The molecule has 4 heteroatoms. The quantitative estimate of drug-likeness (QED) is 0.926. The average Bonchev–Trinajstić information content (AvgIpc) is 3.07. The topological polar surface area (TPSA) is 41.6 Å². The summed E-state index contributed by atoms with van der Waals surface area (Å²) in [5.74, 6) is -0.00399. The summed E-state index contributed by atoms with van der Waals surface area (Å²) in [7, 11) is 0. The standard InChI is InChI=1S/C17H24N2O2/c20-17(18-13-16-5-4-12-21-16)14-6-8-15(9-7-14)19-10-2-1-3-11-19/h6-9,16H,1-5,10-13H2,(H,18,20)/t16-/m0/s1. The minimum absolute atomic E-state index is 0.00399. The first-order chi connectivity index (χ1) is 10.3. The number of carbonyl (C=O) groups is 1. The summed E-state index contributed by atoms with van der Waals surface area (Å²) >= 11 is 0. The van der Waals surface area contributed by atoms with Gasteiger partial charge in [0.25, 0.3) is 5.91 Å². The van der Waals surface area contributed by atoms with Crippen LogP contribution in [-0.2, 0) is 4.74 Å². The van der Waals surface area contributed by atoms with Crippen molar-refractivity contribution in [3.8, 4) is 0 Å². The fourth-order valence-corrected chi connectivity index (χ4v) is 3.09. The number of ether oxygens (including phenoxy) is 1. The maximum atomic E-state index is 12.1. The zero-order valence-corrected chi connectivity index (χ0v) is 12.5. The van der Waals surface area contributed by atoms with E-state index >= 15 is 0 Å². The van der Waals surface area contributed by atoms with Crippen LogP contribution < -0.4 is 10.2 Å². The molecular weight excluding hydrogens is 264 g/mol. The molecule has 2 aliphatic heterocycles. The molecule has 1 aromatic rings. The van der Waals surface area contributed by atoms with Crippen LogP contribution in [0.2, 0.25) is 0 Å². The van der Waals surface area contributed by atoms with E-state index in [1.165, 1.54) is 24.9 Å². The van der Waals surface area contributed by atoms with Crippen molar-refractivity contribution in [3.05, 3.63) is 29.8 Å². The highest BCUT2D eigenvalue weighted by molar-refractivity contribution is 5.94. The molecule has 0 radical (unpaired) electrons. The van der Waals surface area contributed by atoms with Crippen molar-refractivity contribution in [3.63, 3.8) is 0 Å². The van der Waals surface area contributed by atoms with E-state index in [0.29, 0.717) is 6.54 Å². The second kappa shape index (κ2) is 6.94. The minimum Gasteiger partial charge on any atom is -0.376 e. The Morgan fingerprint density at radius 3 is 2.57 bits per heavy atom. The first-order valence-electron chi connectivity index (χ1n) is 8.08. The fourth-order valence-electron chi connectivity index (χ4n) is 3.09. The van der Waals surface area contributed by atoms with Gasteiger partial charge in [-0.2, -0.15) is 0 Å². The molecule has 2 aliphatic rings. The van der Waals surface area contributed by atoms with E-state index in [0.717, 1.165) is 38.1 Å². The summed E-state index contributed by atoms with van der Waals surface area (Å²) < 4.78 is 5.52. The van der Waals surface area contributed by atoms with Crippen LogP contribution in [0, 0.1) is 0 Å². The van der Waals surface area contributed by atoms with E-state index in [1.54, 1.807) is 0 Å². The summed E-state index contributed by atoms with van der Waals surface area (Å²) in [5, 5.41) is 2.96. The third-order valence-electron chi connectivity index (χ3n) is 4.36. The highest BCUT2D eigenvalue weighted by atomic mass is 16.5. The van der Waals surface area contributed by atoms with Crippen LogP contribution in [0.4, 0.5) is 5.69 Å². The van der Waals surface area contributed by atoms with Gasteiger partial charge in [0.2, 0.25) is 0 Å². The molecule has 2 heterocycles. The smallest absolute Gasteiger partial charge is 0.251 e. The molecule has 0 aromatic heterocycles. The van der Waals surface area contributed by atoms with Crippen LogP contribution in [-0.4, -0.2) is 38.3 Å². The molecule has 0 saturated carbocycles. The van der Waals surface area contributed by atoms with Crippen LogP contribution in [0.15, 0.2) is 24.3 Å². The van der Waals surface area contributed by atoms with E-state index in [1.807, 2.05) is 12.1 Å². The number of anilines is 1. The average molecular weight is 288 g/mol. The normalized spacial score (nSPS) is 22.3. The molecule has 1 amide bonds. The van der Waals surface area contributed by atoms with Crippen molar-refractivity contribution >= 4 is 11.6 Å². The minimum atomic E-state index is -0.00399. The molecule has 1 atom stereocenters. The van der Waals surface area contributed by atoms with Gasteiger partial charge >= 0.3 is 0 Å². The van der Waals surface area contributed by atoms with Gasteiger partial charge in [-0.1, -0.05) is 0 Å². The summed E-state index contributed by atoms with van der Waals surface area (Å²) in [6.45, 7) is 3.70. The molecule has 21 heavy (non-hydrogen) atoms. The van der Waals surface area contributed by atoms with Crippen molar-refractivity contribution in [2.24, 2.45) is 0 Å². The van der Waals surface area contributed by atoms with Gasteiger partial charge in [0.05, 0.1) is 6.10 Å². The Morgan fingerprint density at radius 2 is 1.90 bits per heavy atom. The second-order valence-electron chi connectivity index (χ2n) is 5.94. The van der Waals surface area contributed by atoms with Crippen molar-refractivity contribution in [2.45, 2.75) is 38.2 Å². The number of piperidine rings is 1. The largest absolute Gasteiger partial charge is 0.376 e. The lowest BCUT2D eigenvalue weighted by atomic mass is 10.1. The SMILES string of the molecule is O=C(NC[C@@H]1CCCO1)c1ccc(N2CCCCC2)cc1. The zero-order valence-electron chi connectivity index (χ0n) is 12.5. The first-order valence-corrected chi connectivity index (χ1v) is 8.08. The fraction of sp³-hybridized carbons (Fsp3) is 0.588. The van der Waals surface area contributed by atoms with E-state index < -0.39 is 0 Å². The van der Waals surface area contributed by atoms with E-state index in [2.05, 4.69) is 22.3 Å². The van der Waals surface area contributed by atoms with Crippen LogP contribution in [0.3, 0.4) is 0 Å². The molecule has 2 fully saturated rings. The number of benzene rings is 1. The lowest BCUT2D eigenvalue weighted by Crippen LogP contribution is -2.32. The maximum absolute atomic E-state index is 12.1.